The highest BCUT2D eigenvalue weighted by molar-refractivity contribution is 6.39. The van der Waals surface area contributed by atoms with Gasteiger partial charge in [-0.2, -0.15) is 0 Å². The number of halogens is 2. The van der Waals surface area contributed by atoms with E-state index in [1.807, 2.05) is 36.4 Å². The van der Waals surface area contributed by atoms with Crippen molar-refractivity contribution in [2.75, 3.05) is 27.3 Å². The monoisotopic (exact) mass is 532 g/mol. The Balaban J connectivity index is 1.57. The third kappa shape index (κ3) is 4.63. The molecule has 0 spiro atoms. The molecule has 4 aromatic rings. The molecule has 3 heterocycles. The van der Waals surface area contributed by atoms with Crippen molar-refractivity contribution in [3.8, 4) is 45.3 Å². The van der Waals surface area contributed by atoms with Crippen molar-refractivity contribution in [1.29, 1.82) is 0 Å². The fraction of sp³-hybridized carbons (Fsp3) is 0.143. The van der Waals surface area contributed by atoms with Crippen molar-refractivity contribution >= 4 is 35.3 Å². The first-order valence-corrected chi connectivity index (χ1v) is 12.2. The summed E-state index contributed by atoms with van der Waals surface area (Å²) in [4.78, 5) is 24.9. The predicted octanol–water partition coefficient (Wildman–Crippen LogP) is 5.96. The Labute approximate surface area is 224 Å². The van der Waals surface area contributed by atoms with Gasteiger partial charge in [0.05, 0.1) is 53.3 Å². The van der Waals surface area contributed by atoms with Gasteiger partial charge in [-0.15, -0.1) is 0 Å². The number of methoxy groups -OCH3 is 2. The summed E-state index contributed by atoms with van der Waals surface area (Å²) < 4.78 is 10.9. The minimum Gasteiger partial charge on any atom is -0.496 e. The van der Waals surface area contributed by atoms with Gasteiger partial charge in [0.25, 0.3) is 0 Å². The number of aromatic nitrogens is 2. The molecular formula is C28H22Cl2N4O3. The lowest BCUT2D eigenvalue weighted by Gasteiger charge is -2.15. The summed E-state index contributed by atoms with van der Waals surface area (Å²) in [7, 11) is 3.09. The van der Waals surface area contributed by atoms with Crippen molar-refractivity contribution < 1.29 is 14.3 Å². The molecule has 0 amide bonds. The van der Waals surface area contributed by atoms with E-state index in [2.05, 4.69) is 15.3 Å². The number of pyridine rings is 2. The number of carbonyl (C=O) groups is 1. The van der Waals surface area contributed by atoms with Crippen LogP contribution in [0.4, 0.5) is 0 Å². The van der Waals surface area contributed by atoms with Crippen LogP contribution in [0.15, 0.2) is 65.8 Å². The number of carbonyl (C=O) groups excluding carboxylic acids is 1. The molecule has 9 heteroatoms. The second kappa shape index (κ2) is 10.6. The zero-order chi connectivity index (χ0) is 25.9. The van der Waals surface area contributed by atoms with Crippen molar-refractivity contribution in [3.05, 3.63) is 82.0 Å². The average Bonchev–Trinajstić information content (AvgIpc) is 3.48. The molecule has 0 saturated heterocycles. The standard InChI is InChI=1S/C28H22Cl2N4O3/c1-36-23-14-16(6-7-17(23)15-35)26-25(30)19(10-11-31-26)18-4-3-5-20(24(18)29)22-9-8-21(28(34-22)37-2)27-32-12-13-33-27/h3-11,14-15H,12-13H2,1-2H3,(H,32,33). The number of hydrogen-bond acceptors (Lipinski definition) is 7. The van der Waals surface area contributed by atoms with Crippen molar-refractivity contribution in [1.82, 2.24) is 15.3 Å². The Morgan fingerprint density at radius 3 is 2.46 bits per heavy atom. The van der Waals surface area contributed by atoms with Gasteiger partial charge in [-0.05, 0) is 30.3 Å². The highest BCUT2D eigenvalue weighted by Crippen LogP contribution is 2.42. The second-order valence-corrected chi connectivity index (χ2v) is 8.93. The quantitative estimate of drug-likeness (QED) is 0.295. The van der Waals surface area contributed by atoms with Crippen LogP contribution in [0.25, 0.3) is 33.6 Å². The zero-order valence-electron chi connectivity index (χ0n) is 20.1. The average molecular weight is 533 g/mol. The number of hydrogen-bond donors (Lipinski definition) is 1. The van der Waals surface area contributed by atoms with Crippen LogP contribution in [-0.4, -0.2) is 49.4 Å². The van der Waals surface area contributed by atoms with E-state index in [1.54, 1.807) is 31.5 Å². The maximum Gasteiger partial charge on any atom is 0.224 e. The number of ether oxygens (including phenoxy) is 2. The smallest absolute Gasteiger partial charge is 0.224 e. The Kier molecular flexibility index (Phi) is 7.08. The minimum atomic E-state index is 0.425. The van der Waals surface area contributed by atoms with E-state index < -0.39 is 0 Å². The highest BCUT2D eigenvalue weighted by Gasteiger charge is 2.20. The Bertz CT molecular complexity index is 1540. The van der Waals surface area contributed by atoms with Crippen LogP contribution >= 0.6 is 23.2 Å². The summed E-state index contributed by atoms with van der Waals surface area (Å²) in [5.41, 5.74) is 5.34. The van der Waals surface area contributed by atoms with Gasteiger partial charge >= 0.3 is 0 Å². The molecular weight excluding hydrogens is 511 g/mol. The number of rotatable bonds is 7. The number of amidine groups is 1. The summed E-state index contributed by atoms with van der Waals surface area (Å²) >= 11 is 13.8. The van der Waals surface area contributed by atoms with Crippen LogP contribution in [-0.2, 0) is 0 Å². The molecule has 5 rings (SSSR count). The molecule has 0 fully saturated rings. The first-order chi connectivity index (χ1) is 18.0. The molecule has 0 atom stereocenters. The molecule has 0 bridgehead atoms. The fourth-order valence-electron chi connectivity index (χ4n) is 4.25. The molecule has 0 unspecified atom stereocenters. The lowest BCUT2D eigenvalue weighted by Crippen LogP contribution is -2.20. The number of nitrogens with zero attached hydrogens (tertiary/aromatic N) is 3. The number of aliphatic imine (C=N–C) groups is 1. The first kappa shape index (κ1) is 24.7. The van der Waals surface area contributed by atoms with Gasteiger partial charge in [-0.3, -0.25) is 14.8 Å². The second-order valence-electron chi connectivity index (χ2n) is 8.17. The van der Waals surface area contributed by atoms with Crippen LogP contribution < -0.4 is 14.8 Å². The van der Waals surface area contributed by atoms with E-state index in [0.717, 1.165) is 41.9 Å². The predicted molar refractivity (Wildman–Crippen MR) is 146 cm³/mol. The topological polar surface area (TPSA) is 85.7 Å². The summed E-state index contributed by atoms with van der Waals surface area (Å²) in [6, 6.07) is 16.5. The maximum absolute atomic E-state index is 11.3. The zero-order valence-corrected chi connectivity index (χ0v) is 21.6. The molecule has 1 N–H and O–H groups in total. The minimum absolute atomic E-state index is 0.425. The first-order valence-electron chi connectivity index (χ1n) is 11.5. The Hall–Kier alpha value is -3.94. The molecule has 0 saturated carbocycles. The highest BCUT2D eigenvalue weighted by atomic mass is 35.5. The third-order valence-corrected chi connectivity index (χ3v) is 6.86. The van der Waals surface area contributed by atoms with E-state index in [0.29, 0.717) is 49.8 Å². The molecule has 7 nitrogen and oxygen atoms in total. The van der Waals surface area contributed by atoms with Crippen LogP contribution in [0.1, 0.15) is 15.9 Å². The van der Waals surface area contributed by atoms with Gasteiger partial charge in [0.2, 0.25) is 5.88 Å². The summed E-state index contributed by atoms with van der Waals surface area (Å²) in [6.45, 7) is 1.51. The summed E-state index contributed by atoms with van der Waals surface area (Å²) in [6.07, 6.45) is 2.41. The number of benzene rings is 2. The van der Waals surface area contributed by atoms with Crippen LogP contribution in [0.5, 0.6) is 11.6 Å². The molecule has 2 aromatic heterocycles. The van der Waals surface area contributed by atoms with E-state index in [9.17, 15) is 4.79 Å². The van der Waals surface area contributed by atoms with E-state index in [4.69, 9.17) is 37.7 Å². The van der Waals surface area contributed by atoms with Gasteiger partial charge in [0, 0.05) is 35.0 Å². The number of nitrogens with one attached hydrogen (secondary N) is 1. The summed E-state index contributed by atoms with van der Waals surface area (Å²) in [5, 5.41) is 4.16. The molecule has 0 aliphatic carbocycles. The van der Waals surface area contributed by atoms with Gasteiger partial charge in [-0.25, -0.2) is 4.98 Å². The molecule has 37 heavy (non-hydrogen) atoms. The fourth-order valence-corrected chi connectivity index (χ4v) is 4.90. The molecule has 186 valence electrons. The van der Waals surface area contributed by atoms with Crippen molar-refractivity contribution in [3.63, 3.8) is 0 Å². The summed E-state index contributed by atoms with van der Waals surface area (Å²) in [5.74, 6) is 1.67. The molecule has 1 aliphatic rings. The SMILES string of the molecule is COc1cc(-c2nccc(-c3cccc(-c4ccc(C5=NCCN5)c(OC)n4)c3Cl)c2Cl)ccc1C=O. The molecule has 0 radical (unpaired) electrons. The number of aldehydes is 1. The van der Waals surface area contributed by atoms with Crippen molar-refractivity contribution in [2.45, 2.75) is 0 Å². The van der Waals surface area contributed by atoms with Crippen molar-refractivity contribution in [2.24, 2.45) is 4.99 Å². The Morgan fingerprint density at radius 2 is 1.73 bits per heavy atom. The van der Waals surface area contributed by atoms with Gasteiger partial charge in [-0.1, -0.05) is 47.5 Å². The Morgan fingerprint density at radius 1 is 0.919 bits per heavy atom. The van der Waals surface area contributed by atoms with Crippen LogP contribution in [0, 0.1) is 0 Å². The third-order valence-electron chi connectivity index (χ3n) is 6.07. The van der Waals surface area contributed by atoms with E-state index >= 15 is 0 Å². The van der Waals surface area contributed by atoms with Crippen LogP contribution in [0.2, 0.25) is 10.0 Å². The van der Waals surface area contributed by atoms with E-state index in [-0.39, 0.29) is 0 Å². The van der Waals surface area contributed by atoms with Gasteiger partial charge in [0.1, 0.15) is 11.6 Å². The lowest BCUT2D eigenvalue weighted by atomic mass is 9.99. The van der Waals surface area contributed by atoms with Gasteiger partial charge < -0.3 is 14.8 Å². The molecule has 1 aliphatic heterocycles. The van der Waals surface area contributed by atoms with Crippen LogP contribution in [0.3, 0.4) is 0 Å². The van der Waals surface area contributed by atoms with Gasteiger partial charge in [0.15, 0.2) is 6.29 Å². The molecule has 2 aromatic carbocycles. The maximum atomic E-state index is 11.3. The van der Waals surface area contributed by atoms with E-state index in [1.165, 1.54) is 7.11 Å². The normalized spacial score (nSPS) is 12.6. The largest absolute Gasteiger partial charge is 0.496 e. The lowest BCUT2D eigenvalue weighted by molar-refractivity contribution is 0.112.